The average Bonchev–Trinajstić information content (AvgIpc) is 2.35. The maximum absolute atomic E-state index is 12.5. The van der Waals surface area contributed by atoms with Crippen LogP contribution in [0.15, 0.2) is 18.2 Å². The van der Waals surface area contributed by atoms with Crippen molar-refractivity contribution in [2.24, 2.45) is 0 Å². The van der Waals surface area contributed by atoms with Crippen LogP contribution in [0.4, 0.5) is 5.69 Å². The van der Waals surface area contributed by atoms with Gasteiger partial charge in [-0.15, -0.1) is 0 Å². The lowest BCUT2D eigenvalue weighted by molar-refractivity contribution is 0.0647. The Morgan fingerprint density at radius 3 is 3.00 bits per heavy atom. The fraction of sp³-hybridized carbons (Fsp3) is 0.500. The molecule has 4 nitrogen and oxygen atoms in total. The molecule has 3 rings (SSSR count). The van der Waals surface area contributed by atoms with Crippen molar-refractivity contribution in [2.45, 2.75) is 25.3 Å². The zero-order chi connectivity index (χ0) is 12.5. The number of amides is 1. The van der Waals surface area contributed by atoms with Gasteiger partial charge in [-0.3, -0.25) is 4.79 Å². The monoisotopic (exact) mass is 246 g/mol. The summed E-state index contributed by atoms with van der Waals surface area (Å²) in [6, 6.07) is 6.12. The number of rotatable bonds is 2. The van der Waals surface area contributed by atoms with Gasteiger partial charge < -0.3 is 15.0 Å². The Kier molecular flexibility index (Phi) is 2.86. The number of nitrogens with zero attached hydrogens (tertiary/aromatic N) is 1. The number of benzene rings is 1. The Balaban J connectivity index is 1.89. The van der Waals surface area contributed by atoms with E-state index in [0.717, 1.165) is 25.1 Å². The van der Waals surface area contributed by atoms with Gasteiger partial charge >= 0.3 is 0 Å². The molecule has 1 aromatic rings. The first kappa shape index (κ1) is 11.4. The third kappa shape index (κ3) is 1.82. The van der Waals surface area contributed by atoms with Crippen LogP contribution in [0.5, 0.6) is 5.75 Å². The third-order valence-electron chi connectivity index (χ3n) is 3.85. The van der Waals surface area contributed by atoms with Crippen molar-refractivity contribution in [3.63, 3.8) is 0 Å². The molecule has 0 unspecified atom stereocenters. The number of hydrogen-bond acceptors (Lipinski definition) is 3. The van der Waals surface area contributed by atoms with Gasteiger partial charge in [0.2, 0.25) is 0 Å². The van der Waals surface area contributed by atoms with Crippen LogP contribution in [-0.2, 0) is 0 Å². The van der Waals surface area contributed by atoms with E-state index in [1.54, 1.807) is 0 Å². The van der Waals surface area contributed by atoms with Gasteiger partial charge in [0, 0.05) is 19.6 Å². The zero-order valence-corrected chi connectivity index (χ0v) is 10.6. The molecular formula is C14H18N2O2. The fourth-order valence-corrected chi connectivity index (χ4v) is 2.47. The van der Waals surface area contributed by atoms with Crippen LogP contribution in [0.2, 0.25) is 0 Å². The van der Waals surface area contributed by atoms with Crippen LogP contribution in [0, 0.1) is 0 Å². The molecule has 4 heteroatoms. The highest BCUT2D eigenvalue weighted by Gasteiger charge is 2.29. The number of carbonyl (C=O) groups excluding carboxylic acids is 1. The van der Waals surface area contributed by atoms with Gasteiger partial charge in [-0.25, -0.2) is 0 Å². The molecule has 1 fully saturated rings. The Morgan fingerprint density at radius 2 is 2.28 bits per heavy atom. The maximum atomic E-state index is 12.5. The van der Waals surface area contributed by atoms with E-state index in [-0.39, 0.29) is 5.91 Å². The highest BCUT2D eigenvalue weighted by atomic mass is 16.5. The van der Waals surface area contributed by atoms with E-state index in [9.17, 15) is 4.79 Å². The van der Waals surface area contributed by atoms with Crippen molar-refractivity contribution in [2.75, 3.05) is 25.5 Å². The second kappa shape index (κ2) is 4.52. The predicted molar refractivity (Wildman–Crippen MR) is 70.2 cm³/mol. The number of nitrogens with one attached hydrogen (secondary N) is 1. The molecule has 1 aromatic carbocycles. The molecule has 1 N–H and O–H groups in total. The van der Waals surface area contributed by atoms with Gasteiger partial charge in [-0.05, 0) is 31.4 Å². The second-order valence-electron chi connectivity index (χ2n) is 4.96. The van der Waals surface area contributed by atoms with E-state index in [2.05, 4.69) is 5.32 Å². The molecule has 18 heavy (non-hydrogen) atoms. The normalized spacial score (nSPS) is 18.1. The first-order chi connectivity index (χ1) is 8.77. The highest BCUT2D eigenvalue weighted by molar-refractivity contribution is 5.99. The van der Waals surface area contributed by atoms with E-state index >= 15 is 0 Å². The lowest BCUT2D eigenvalue weighted by Crippen LogP contribution is -2.41. The molecule has 0 atom stereocenters. The molecule has 0 bridgehead atoms. The van der Waals surface area contributed by atoms with Crippen molar-refractivity contribution in [3.8, 4) is 5.75 Å². The number of carbonyl (C=O) groups is 1. The largest absolute Gasteiger partial charge is 0.489 e. The van der Waals surface area contributed by atoms with Crippen LogP contribution in [0.1, 0.15) is 29.6 Å². The molecule has 0 saturated heterocycles. The van der Waals surface area contributed by atoms with Crippen LogP contribution >= 0.6 is 0 Å². The van der Waals surface area contributed by atoms with Gasteiger partial charge in [-0.2, -0.15) is 0 Å². The van der Waals surface area contributed by atoms with Crippen molar-refractivity contribution in [1.29, 1.82) is 0 Å². The summed E-state index contributed by atoms with van der Waals surface area (Å²) in [5, 5.41) is 3.26. The maximum Gasteiger partial charge on any atom is 0.257 e. The molecule has 0 aromatic heterocycles. The molecule has 1 amide bonds. The molecule has 96 valence electrons. The minimum absolute atomic E-state index is 0.0697. The molecule has 0 radical (unpaired) electrons. The molecule has 1 heterocycles. The Labute approximate surface area is 107 Å². The SMILES string of the molecule is CN(C(=O)c1cccc2c1OCCN2)C1CCC1. The second-order valence-corrected chi connectivity index (χ2v) is 4.96. The summed E-state index contributed by atoms with van der Waals surface area (Å²) in [4.78, 5) is 14.3. The standard InChI is InChI=1S/C14H18N2O2/c1-16(10-4-2-5-10)14(17)11-6-3-7-12-13(11)18-9-8-15-12/h3,6-7,10,15H,2,4-5,8-9H2,1H3. The third-order valence-corrected chi connectivity index (χ3v) is 3.85. The minimum atomic E-state index is 0.0697. The molecular weight excluding hydrogens is 228 g/mol. The highest BCUT2D eigenvalue weighted by Crippen LogP contribution is 2.33. The van der Waals surface area contributed by atoms with E-state index < -0.39 is 0 Å². The summed E-state index contributed by atoms with van der Waals surface area (Å²) in [5.74, 6) is 0.778. The summed E-state index contributed by atoms with van der Waals surface area (Å²) < 4.78 is 5.65. The average molecular weight is 246 g/mol. The number of fused-ring (bicyclic) bond motifs is 1. The predicted octanol–water partition coefficient (Wildman–Crippen LogP) is 2.12. The first-order valence-electron chi connectivity index (χ1n) is 6.54. The van der Waals surface area contributed by atoms with Gasteiger partial charge in [0.15, 0.2) is 5.75 Å². The molecule has 1 saturated carbocycles. The summed E-state index contributed by atoms with van der Waals surface area (Å²) in [5.41, 5.74) is 1.60. The van der Waals surface area contributed by atoms with Crippen molar-refractivity contribution >= 4 is 11.6 Å². The topological polar surface area (TPSA) is 41.6 Å². The smallest absolute Gasteiger partial charge is 0.257 e. The van der Waals surface area contributed by atoms with Crippen LogP contribution in [0.3, 0.4) is 0 Å². The van der Waals surface area contributed by atoms with Crippen LogP contribution in [-0.4, -0.2) is 37.0 Å². The van der Waals surface area contributed by atoms with E-state index in [1.807, 2.05) is 30.1 Å². The summed E-state index contributed by atoms with van der Waals surface area (Å²) in [6.07, 6.45) is 3.47. The van der Waals surface area contributed by atoms with Crippen molar-refractivity contribution in [1.82, 2.24) is 4.90 Å². The van der Waals surface area contributed by atoms with Gasteiger partial charge in [0.05, 0.1) is 11.3 Å². The number of anilines is 1. The lowest BCUT2D eigenvalue weighted by Gasteiger charge is -2.35. The molecule has 2 aliphatic rings. The fourth-order valence-electron chi connectivity index (χ4n) is 2.47. The van der Waals surface area contributed by atoms with Crippen molar-refractivity contribution in [3.05, 3.63) is 23.8 Å². The summed E-state index contributed by atoms with van der Waals surface area (Å²) in [7, 11) is 1.89. The van der Waals surface area contributed by atoms with E-state index in [4.69, 9.17) is 4.74 Å². The Bertz CT molecular complexity index is 469. The van der Waals surface area contributed by atoms with Gasteiger partial charge in [0.25, 0.3) is 5.91 Å². The molecule has 1 aliphatic carbocycles. The Hall–Kier alpha value is -1.71. The number of para-hydroxylation sites is 1. The van der Waals surface area contributed by atoms with E-state index in [1.165, 1.54) is 6.42 Å². The van der Waals surface area contributed by atoms with E-state index in [0.29, 0.717) is 24.0 Å². The quantitative estimate of drug-likeness (QED) is 0.869. The van der Waals surface area contributed by atoms with Crippen molar-refractivity contribution < 1.29 is 9.53 Å². The lowest BCUT2D eigenvalue weighted by atomic mass is 9.91. The van der Waals surface area contributed by atoms with Crippen LogP contribution in [0.25, 0.3) is 0 Å². The van der Waals surface area contributed by atoms with Crippen LogP contribution < -0.4 is 10.1 Å². The number of hydrogen-bond donors (Lipinski definition) is 1. The minimum Gasteiger partial charge on any atom is -0.489 e. The van der Waals surface area contributed by atoms with Gasteiger partial charge in [-0.1, -0.05) is 6.07 Å². The summed E-state index contributed by atoms with van der Waals surface area (Å²) in [6.45, 7) is 1.41. The Morgan fingerprint density at radius 1 is 1.44 bits per heavy atom. The first-order valence-corrected chi connectivity index (χ1v) is 6.54. The van der Waals surface area contributed by atoms with Gasteiger partial charge in [0.1, 0.15) is 6.61 Å². The number of ether oxygens (including phenoxy) is 1. The molecule has 1 aliphatic heterocycles. The summed E-state index contributed by atoms with van der Waals surface area (Å²) >= 11 is 0. The zero-order valence-electron chi connectivity index (χ0n) is 10.6. The molecule has 0 spiro atoms.